The Morgan fingerprint density at radius 3 is 2.54 bits per heavy atom. The Kier molecular flexibility index (Phi) is 8.16. The fourth-order valence-electron chi connectivity index (χ4n) is 2.91. The zero-order valence-corrected chi connectivity index (χ0v) is 17.0. The highest BCUT2D eigenvalue weighted by atomic mass is 35.5. The third kappa shape index (κ3) is 5.59. The van der Waals surface area contributed by atoms with Crippen molar-refractivity contribution >= 4 is 34.6 Å². The van der Waals surface area contributed by atoms with E-state index in [2.05, 4.69) is 35.4 Å². The number of anilines is 1. The van der Waals surface area contributed by atoms with Crippen LogP contribution in [-0.2, 0) is 0 Å². The van der Waals surface area contributed by atoms with Gasteiger partial charge in [-0.3, -0.25) is 4.90 Å². The molecule has 0 saturated carbocycles. The van der Waals surface area contributed by atoms with Crippen LogP contribution in [0.4, 0.5) is 5.69 Å². The monoisotopic (exact) mass is 391 g/mol. The minimum atomic E-state index is 0.142. The number of nitrogens with one attached hydrogen (secondary N) is 2. The molecule has 0 unspecified atom stereocenters. The molecule has 2 rings (SSSR count). The number of thiocarbonyl (C=S) groups is 1. The van der Waals surface area contributed by atoms with Crippen molar-refractivity contribution in [2.45, 2.75) is 19.9 Å². The summed E-state index contributed by atoms with van der Waals surface area (Å²) in [5.74, 6) is 0.787. The predicted octanol–water partition coefficient (Wildman–Crippen LogP) is 4.72. The van der Waals surface area contributed by atoms with Crippen LogP contribution in [0.1, 0.15) is 25.5 Å². The van der Waals surface area contributed by atoms with E-state index in [0.717, 1.165) is 35.1 Å². The summed E-state index contributed by atoms with van der Waals surface area (Å²) < 4.78 is 5.24. The molecule has 1 atom stereocenters. The zero-order chi connectivity index (χ0) is 18.9. The molecule has 0 amide bonds. The van der Waals surface area contributed by atoms with E-state index in [-0.39, 0.29) is 6.04 Å². The summed E-state index contributed by atoms with van der Waals surface area (Å²) in [5, 5.41) is 7.87. The molecule has 0 aliphatic heterocycles. The van der Waals surface area contributed by atoms with Gasteiger partial charge < -0.3 is 15.4 Å². The fourth-order valence-corrected chi connectivity index (χ4v) is 3.37. The maximum absolute atomic E-state index is 6.44. The summed E-state index contributed by atoms with van der Waals surface area (Å²) in [5.41, 5.74) is 1.99. The highest BCUT2D eigenvalue weighted by molar-refractivity contribution is 7.80. The molecule has 0 spiro atoms. The molecule has 6 heteroatoms. The molecule has 0 aliphatic carbocycles. The highest BCUT2D eigenvalue weighted by Crippen LogP contribution is 2.27. The number of halogens is 1. The molecule has 140 valence electrons. The largest absolute Gasteiger partial charge is 0.497 e. The Balaban J connectivity index is 2.06. The molecule has 2 N–H and O–H groups in total. The van der Waals surface area contributed by atoms with Crippen molar-refractivity contribution in [2.75, 3.05) is 32.1 Å². The zero-order valence-electron chi connectivity index (χ0n) is 15.5. The van der Waals surface area contributed by atoms with Gasteiger partial charge in [-0.05, 0) is 49.1 Å². The summed E-state index contributed by atoms with van der Waals surface area (Å²) in [4.78, 5) is 2.36. The van der Waals surface area contributed by atoms with E-state index in [0.29, 0.717) is 11.7 Å². The lowest BCUT2D eigenvalue weighted by Crippen LogP contribution is -2.39. The Morgan fingerprint density at radius 1 is 1.15 bits per heavy atom. The van der Waals surface area contributed by atoms with E-state index in [9.17, 15) is 0 Å². The molecule has 2 aromatic carbocycles. The van der Waals surface area contributed by atoms with E-state index in [4.69, 9.17) is 28.6 Å². The minimum Gasteiger partial charge on any atom is -0.497 e. The van der Waals surface area contributed by atoms with E-state index in [1.807, 2.05) is 42.5 Å². The average molecular weight is 392 g/mol. The summed E-state index contributed by atoms with van der Waals surface area (Å²) in [6, 6.07) is 15.8. The van der Waals surface area contributed by atoms with Crippen molar-refractivity contribution in [3.05, 3.63) is 59.1 Å². The van der Waals surface area contributed by atoms with E-state index in [1.165, 1.54) is 0 Å². The number of likely N-dealkylation sites (N-methyl/N-ethyl adjacent to an activating group) is 1. The van der Waals surface area contributed by atoms with Gasteiger partial charge >= 0.3 is 0 Å². The van der Waals surface area contributed by atoms with Crippen LogP contribution in [-0.4, -0.2) is 36.8 Å². The molecule has 2 aromatic rings. The second-order valence-electron chi connectivity index (χ2n) is 5.83. The maximum Gasteiger partial charge on any atom is 0.170 e. The van der Waals surface area contributed by atoms with Gasteiger partial charge in [-0.2, -0.15) is 0 Å². The first kappa shape index (κ1) is 20.5. The standard InChI is InChI=1S/C20H26ClN3OS/c1-4-24(5-2)19(17-11-6-7-12-18(17)21)14-22-20(26)23-15-9-8-10-16(13-15)25-3/h6-13,19H,4-5,14H2,1-3H3,(H2,22,23,26)/t19-/m1/s1. The van der Waals surface area contributed by atoms with Gasteiger partial charge in [-0.1, -0.05) is 49.7 Å². The smallest absolute Gasteiger partial charge is 0.170 e. The predicted molar refractivity (Wildman–Crippen MR) is 114 cm³/mol. The van der Waals surface area contributed by atoms with Crippen molar-refractivity contribution < 1.29 is 4.74 Å². The first-order chi connectivity index (χ1) is 12.6. The third-order valence-electron chi connectivity index (χ3n) is 4.30. The Morgan fingerprint density at radius 2 is 1.88 bits per heavy atom. The van der Waals surface area contributed by atoms with Crippen LogP contribution < -0.4 is 15.4 Å². The molecular weight excluding hydrogens is 366 g/mol. The van der Waals surface area contributed by atoms with E-state index < -0.39 is 0 Å². The van der Waals surface area contributed by atoms with Gasteiger partial charge in [-0.25, -0.2) is 0 Å². The number of hydrogen-bond donors (Lipinski definition) is 2. The summed E-state index contributed by atoms with van der Waals surface area (Å²) in [7, 11) is 1.65. The summed E-state index contributed by atoms with van der Waals surface area (Å²) in [6.45, 7) is 6.84. The summed E-state index contributed by atoms with van der Waals surface area (Å²) >= 11 is 11.9. The van der Waals surface area contributed by atoms with Crippen molar-refractivity contribution in [3.8, 4) is 5.75 Å². The van der Waals surface area contributed by atoms with Gasteiger partial charge in [0.15, 0.2) is 5.11 Å². The Labute approximate surface area is 166 Å². The lowest BCUT2D eigenvalue weighted by molar-refractivity contribution is 0.219. The van der Waals surface area contributed by atoms with Crippen LogP contribution in [0.15, 0.2) is 48.5 Å². The number of rotatable bonds is 8. The van der Waals surface area contributed by atoms with Gasteiger partial charge in [0.25, 0.3) is 0 Å². The molecular formula is C20H26ClN3OS. The quantitative estimate of drug-likeness (QED) is 0.637. The van der Waals surface area contributed by atoms with E-state index >= 15 is 0 Å². The molecule has 0 aliphatic rings. The maximum atomic E-state index is 6.44. The van der Waals surface area contributed by atoms with Crippen LogP contribution in [0.5, 0.6) is 5.75 Å². The summed E-state index contributed by atoms with van der Waals surface area (Å²) in [6.07, 6.45) is 0. The molecule has 0 heterocycles. The van der Waals surface area contributed by atoms with Crippen molar-refractivity contribution in [1.29, 1.82) is 0 Å². The molecule has 0 saturated heterocycles. The molecule has 0 fully saturated rings. The number of hydrogen-bond acceptors (Lipinski definition) is 3. The molecule has 0 radical (unpaired) electrons. The van der Waals surface area contributed by atoms with Crippen LogP contribution in [0.3, 0.4) is 0 Å². The van der Waals surface area contributed by atoms with Crippen LogP contribution in [0, 0.1) is 0 Å². The Hall–Kier alpha value is -1.82. The van der Waals surface area contributed by atoms with Gasteiger partial charge in [0.05, 0.1) is 13.2 Å². The number of ether oxygens (including phenoxy) is 1. The normalized spacial score (nSPS) is 11.9. The lowest BCUT2D eigenvalue weighted by atomic mass is 10.0. The molecule has 26 heavy (non-hydrogen) atoms. The van der Waals surface area contributed by atoms with Gasteiger partial charge in [0.1, 0.15) is 5.75 Å². The third-order valence-corrected chi connectivity index (χ3v) is 4.89. The Bertz CT molecular complexity index is 722. The van der Waals surface area contributed by atoms with Gasteiger partial charge in [-0.15, -0.1) is 0 Å². The molecule has 0 aromatic heterocycles. The fraction of sp³-hybridized carbons (Fsp3) is 0.350. The first-order valence-electron chi connectivity index (χ1n) is 8.76. The van der Waals surface area contributed by atoms with Crippen molar-refractivity contribution in [2.24, 2.45) is 0 Å². The van der Waals surface area contributed by atoms with E-state index in [1.54, 1.807) is 7.11 Å². The topological polar surface area (TPSA) is 36.5 Å². The first-order valence-corrected chi connectivity index (χ1v) is 9.55. The number of nitrogens with zero attached hydrogens (tertiary/aromatic N) is 1. The SMILES string of the molecule is CCN(CC)[C@H](CNC(=S)Nc1cccc(OC)c1)c1ccccc1Cl. The number of methoxy groups -OCH3 is 1. The van der Waals surface area contributed by atoms with Gasteiger partial charge in [0, 0.05) is 23.3 Å². The minimum absolute atomic E-state index is 0.142. The van der Waals surface area contributed by atoms with Crippen molar-refractivity contribution in [1.82, 2.24) is 10.2 Å². The molecule has 4 nitrogen and oxygen atoms in total. The van der Waals surface area contributed by atoms with Crippen LogP contribution >= 0.6 is 23.8 Å². The highest BCUT2D eigenvalue weighted by Gasteiger charge is 2.20. The second-order valence-corrected chi connectivity index (χ2v) is 6.64. The molecule has 0 bridgehead atoms. The van der Waals surface area contributed by atoms with Crippen molar-refractivity contribution in [3.63, 3.8) is 0 Å². The average Bonchev–Trinajstić information content (AvgIpc) is 2.66. The number of benzene rings is 2. The van der Waals surface area contributed by atoms with Crippen LogP contribution in [0.2, 0.25) is 5.02 Å². The second kappa shape index (κ2) is 10.4. The lowest BCUT2D eigenvalue weighted by Gasteiger charge is -2.31. The van der Waals surface area contributed by atoms with Gasteiger partial charge in [0.2, 0.25) is 0 Å². The van der Waals surface area contributed by atoms with Crippen LogP contribution in [0.25, 0.3) is 0 Å².